The van der Waals surface area contributed by atoms with Crippen molar-refractivity contribution in [2.75, 3.05) is 13.6 Å². The number of carbonyl (C=O) groups is 1. The summed E-state index contributed by atoms with van der Waals surface area (Å²) in [7, 11) is 2.00. The second-order valence-corrected chi connectivity index (χ2v) is 9.46. The van der Waals surface area contributed by atoms with E-state index in [4.69, 9.17) is 28.3 Å². The minimum Gasteiger partial charge on any atom is -0.480 e. The fourth-order valence-corrected chi connectivity index (χ4v) is 6.53. The molecule has 3 saturated carbocycles. The Morgan fingerprint density at radius 2 is 1.67 bits per heavy atom. The lowest BCUT2D eigenvalue weighted by Gasteiger charge is -2.51. The predicted molar refractivity (Wildman–Crippen MR) is 98.8 cm³/mol. The van der Waals surface area contributed by atoms with Crippen LogP contribution in [0.4, 0.5) is 0 Å². The van der Waals surface area contributed by atoms with Crippen LogP contribution in [0.2, 0.25) is 0 Å². The van der Waals surface area contributed by atoms with E-state index in [1.807, 2.05) is 7.05 Å². The molecule has 1 N–H and O–H groups in total. The Morgan fingerprint density at radius 3 is 2.33 bits per heavy atom. The van der Waals surface area contributed by atoms with Gasteiger partial charge in [0.2, 0.25) is 0 Å². The smallest absolute Gasteiger partial charge is 0.317 e. The molecule has 5 heteroatoms. The van der Waals surface area contributed by atoms with Crippen LogP contribution in [0.3, 0.4) is 0 Å². The van der Waals surface area contributed by atoms with E-state index in [9.17, 15) is 4.79 Å². The molecule has 3 aliphatic rings. The molecule has 0 radical (unpaired) electrons. The van der Waals surface area contributed by atoms with Crippen molar-refractivity contribution in [1.82, 2.24) is 4.90 Å². The largest absolute Gasteiger partial charge is 0.480 e. The van der Waals surface area contributed by atoms with E-state index >= 15 is 0 Å². The molecule has 0 saturated heterocycles. The normalized spacial score (nSPS) is 43.4. The third kappa shape index (κ3) is 4.04. The van der Waals surface area contributed by atoms with Gasteiger partial charge in [0.1, 0.15) is 0 Å². The van der Waals surface area contributed by atoms with Crippen LogP contribution >= 0.6 is 23.2 Å². The van der Waals surface area contributed by atoms with Crippen molar-refractivity contribution >= 4 is 29.2 Å². The molecule has 7 atom stereocenters. The maximum Gasteiger partial charge on any atom is 0.317 e. The van der Waals surface area contributed by atoms with Gasteiger partial charge in [0.25, 0.3) is 0 Å². The van der Waals surface area contributed by atoms with Crippen molar-refractivity contribution in [2.45, 2.75) is 74.6 Å². The number of hydrogen-bond donors (Lipinski definition) is 1. The lowest BCUT2D eigenvalue weighted by molar-refractivity contribution is -0.139. The van der Waals surface area contributed by atoms with Gasteiger partial charge in [-0.1, -0.05) is 12.8 Å². The fraction of sp³-hybridized carbons (Fsp3) is 0.947. The van der Waals surface area contributed by atoms with E-state index in [1.54, 1.807) is 0 Å². The molecule has 0 aliphatic heterocycles. The van der Waals surface area contributed by atoms with Crippen molar-refractivity contribution in [1.29, 1.82) is 0 Å². The van der Waals surface area contributed by atoms with Crippen LogP contribution < -0.4 is 0 Å². The Bertz CT molecular complexity index is 447. The molecule has 0 spiro atoms. The minimum atomic E-state index is -0.711. The third-order valence-electron chi connectivity index (χ3n) is 7.00. The van der Waals surface area contributed by atoms with E-state index in [1.165, 1.54) is 38.5 Å². The summed E-state index contributed by atoms with van der Waals surface area (Å²) in [5.41, 5.74) is 0. The van der Waals surface area contributed by atoms with Crippen molar-refractivity contribution in [3.05, 3.63) is 0 Å². The quantitative estimate of drug-likeness (QED) is 0.729. The second-order valence-electron chi connectivity index (χ2n) is 8.33. The number of fused-ring (bicyclic) bond motifs is 1. The van der Waals surface area contributed by atoms with Crippen LogP contribution in [0.1, 0.15) is 57.8 Å². The maximum absolute atomic E-state index is 11.1. The lowest BCUT2D eigenvalue weighted by Crippen LogP contribution is -2.51. The van der Waals surface area contributed by atoms with Crippen LogP contribution in [-0.2, 0) is 4.79 Å². The molecular formula is C19H31Cl2NO2. The van der Waals surface area contributed by atoms with Gasteiger partial charge in [-0.15, -0.1) is 23.2 Å². The van der Waals surface area contributed by atoms with Crippen molar-refractivity contribution in [2.24, 2.45) is 23.7 Å². The van der Waals surface area contributed by atoms with Gasteiger partial charge in [0.15, 0.2) is 0 Å². The minimum absolute atomic E-state index is 0.125. The average Bonchev–Trinajstić information content (AvgIpc) is 2.55. The Labute approximate surface area is 156 Å². The highest BCUT2D eigenvalue weighted by atomic mass is 35.5. The maximum atomic E-state index is 11.1. The van der Waals surface area contributed by atoms with Gasteiger partial charge in [-0.25, -0.2) is 0 Å². The summed E-state index contributed by atoms with van der Waals surface area (Å²) in [6.45, 7) is 0.166. The van der Waals surface area contributed by atoms with Crippen LogP contribution in [0.5, 0.6) is 0 Å². The van der Waals surface area contributed by atoms with E-state index in [0.717, 1.165) is 37.0 Å². The summed E-state index contributed by atoms with van der Waals surface area (Å²) < 4.78 is 0. The van der Waals surface area contributed by atoms with E-state index in [2.05, 4.69) is 4.90 Å². The highest BCUT2D eigenvalue weighted by molar-refractivity contribution is 6.30. The number of carboxylic acid groups (broad SMARTS) is 1. The number of aliphatic carboxylic acids is 1. The van der Waals surface area contributed by atoms with Gasteiger partial charge in [-0.05, 0) is 75.7 Å². The van der Waals surface area contributed by atoms with Crippen LogP contribution in [0.15, 0.2) is 0 Å². The molecular weight excluding hydrogens is 345 g/mol. The highest BCUT2D eigenvalue weighted by Crippen LogP contribution is 2.51. The van der Waals surface area contributed by atoms with Gasteiger partial charge >= 0.3 is 5.97 Å². The fourth-order valence-electron chi connectivity index (χ4n) is 5.95. The number of halogens is 2. The van der Waals surface area contributed by atoms with Crippen molar-refractivity contribution in [3.8, 4) is 0 Å². The molecule has 0 amide bonds. The first-order valence-corrected chi connectivity index (χ1v) is 10.5. The molecule has 0 bridgehead atoms. The second kappa shape index (κ2) is 8.14. The summed E-state index contributed by atoms with van der Waals surface area (Å²) in [4.78, 5) is 13.2. The van der Waals surface area contributed by atoms with E-state index in [0.29, 0.717) is 12.0 Å². The Morgan fingerprint density at radius 1 is 0.958 bits per heavy atom. The number of rotatable bonds is 4. The highest BCUT2D eigenvalue weighted by Gasteiger charge is 2.45. The van der Waals surface area contributed by atoms with Gasteiger partial charge < -0.3 is 5.11 Å². The van der Waals surface area contributed by atoms with Gasteiger partial charge in [0, 0.05) is 11.4 Å². The topological polar surface area (TPSA) is 40.5 Å². The van der Waals surface area contributed by atoms with Gasteiger partial charge in [-0.2, -0.15) is 0 Å². The average molecular weight is 376 g/mol. The van der Waals surface area contributed by atoms with Crippen LogP contribution in [-0.4, -0.2) is 46.4 Å². The Balaban J connectivity index is 1.70. The summed E-state index contributed by atoms with van der Waals surface area (Å²) >= 11 is 12.8. The molecule has 3 nitrogen and oxygen atoms in total. The van der Waals surface area contributed by atoms with Gasteiger partial charge in [0.05, 0.1) is 11.9 Å². The first-order valence-electron chi connectivity index (χ1n) is 9.67. The molecule has 5 unspecified atom stereocenters. The number of likely N-dealkylation sites (N-methyl/N-ethyl adjacent to an activating group) is 1. The number of alkyl halides is 2. The molecule has 0 aromatic rings. The molecule has 0 heterocycles. The zero-order valence-corrected chi connectivity index (χ0v) is 16.2. The molecule has 3 aliphatic carbocycles. The van der Waals surface area contributed by atoms with E-state index < -0.39 is 5.97 Å². The monoisotopic (exact) mass is 375 g/mol. The molecule has 0 aromatic heterocycles. The van der Waals surface area contributed by atoms with Crippen molar-refractivity contribution in [3.63, 3.8) is 0 Å². The number of nitrogens with zero attached hydrogens (tertiary/aromatic N) is 1. The Hall–Kier alpha value is 0.01000. The molecule has 3 rings (SSSR count). The van der Waals surface area contributed by atoms with Crippen LogP contribution in [0, 0.1) is 23.7 Å². The Kier molecular flexibility index (Phi) is 6.37. The summed E-state index contributed by atoms with van der Waals surface area (Å²) in [5.74, 6) is 2.21. The first-order chi connectivity index (χ1) is 11.5. The van der Waals surface area contributed by atoms with Gasteiger partial charge in [-0.3, -0.25) is 9.69 Å². The zero-order chi connectivity index (χ0) is 17.3. The zero-order valence-electron chi connectivity index (χ0n) is 14.7. The third-order valence-corrected chi connectivity index (χ3v) is 8.14. The summed E-state index contributed by atoms with van der Waals surface area (Å²) in [6.07, 6.45) is 10.9. The van der Waals surface area contributed by atoms with E-state index in [-0.39, 0.29) is 17.3 Å². The van der Waals surface area contributed by atoms with Crippen LogP contribution in [0.25, 0.3) is 0 Å². The molecule has 138 valence electrons. The summed E-state index contributed by atoms with van der Waals surface area (Å²) in [6, 6.07) is 0.443. The molecule has 3 fully saturated rings. The molecule has 24 heavy (non-hydrogen) atoms. The SMILES string of the molecule is CN(CC(=O)O)[C@H]1CC[C@@H](C2CCC(Cl)C(Cl)C2)C2CCCCC21. The lowest BCUT2D eigenvalue weighted by atomic mass is 9.58. The first kappa shape index (κ1) is 18.8. The molecule has 0 aromatic carbocycles. The summed E-state index contributed by atoms with van der Waals surface area (Å²) in [5, 5.41) is 9.42. The standard InChI is InChI=1S/C19H31Cl2NO2/c1-22(11-19(23)24)18-9-7-13(14-4-2-3-5-15(14)18)12-6-8-16(20)17(21)10-12/h12-18H,2-11H2,1H3,(H,23,24)/t12?,13-,14?,15?,16?,17?,18-/m0/s1. The predicted octanol–water partition coefficient (Wildman–Crippen LogP) is 4.60. The number of carboxylic acids is 1. The number of hydrogen-bond acceptors (Lipinski definition) is 2. The van der Waals surface area contributed by atoms with Crippen molar-refractivity contribution < 1.29 is 9.90 Å².